The fourth-order valence-electron chi connectivity index (χ4n) is 3.23. The van der Waals surface area contributed by atoms with Crippen LogP contribution in [0.4, 0.5) is 0 Å². The van der Waals surface area contributed by atoms with Crippen molar-refractivity contribution < 1.29 is 9.90 Å². The summed E-state index contributed by atoms with van der Waals surface area (Å²) in [4.78, 5) is 16.9. The highest BCUT2D eigenvalue weighted by atomic mass is 16.3. The van der Waals surface area contributed by atoms with Crippen molar-refractivity contribution in [1.82, 2.24) is 15.1 Å². The molecule has 1 saturated heterocycles. The Morgan fingerprint density at radius 1 is 0.885 bits per heavy atom. The average Bonchev–Trinajstić information content (AvgIpc) is 2.66. The van der Waals surface area contributed by atoms with Crippen molar-refractivity contribution in [3.63, 3.8) is 0 Å². The van der Waals surface area contributed by atoms with Gasteiger partial charge in [0.1, 0.15) is 5.75 Å². The Morgan fingerprint density at radius 2 is 1.54 bits per heavy atom. The number of benzene rings is 2. The van der Waals surface area contributed by atoms with Crippen LogP contribution in [0.2, 0.25) is 0 Å². The Labute approximate surface area is 155 Å². The van der Waals surface area contributed by atoms with E-state index in [0.29, 0.717) is 13.0 Å². The monoisotopic (exact) mass is 353 g/mol. The van der Waals surface area contributed by atoms with E-state index in [2.05, 4.69) is 45.4 Å². The SMILES string of the molecule is O=C(Cc1ccc(O)cc1)NCCN1CCN(Cc2ccccc2)CC1. The van der Waals surface area contributed by atoms with Crippen LogP contribution in [0.15, 0.2) is 54.6 Å². The van der Waals surface area contributed by atoms with Crippen molar-refractivity contribution in [3.05, 3.63) is 65.7 Å². The molecule has 2 aromatic rings. The lowest BCUT2D eigenvalue weighted by Gasteiger charge is -2.34. The van der Waals surface area contributed by atoms with Gasteiger partial charge in [-0.15, -0.1) is 0 Å². The van der Waals surface area contributed by atoms with Gasteiger partial charge in [-0.05, 0) is 23.3 Å². The van der Waals surface area contributed by atoms with Crippen LogP contribution in [0.5, 0.6) is 5.75 Å². The molecule has 0 unspecified atom stereocenters. The molecule has 5 nitrogen and oxygen atoms in total. The molecule has 0 atom stereocenters. The molecule has 1 aliphatic rings. The van der Waals surface area contributed by atoms with E-state index >= 15 is 0 Å². The highest BCUT2D eigenvalue weighted by Gasteiger charge is 2.16. The van der Waals surface area contributed by atoms with Gasteiger partial charge in [-0.3, -0.25) is 14.6 Å². The number of rotatable bonds is 7. The van der Waals surface area contributed by atoms with Gasteiger partial charge in [0.2, 0.25) is 5.91 Å². The van der Waals surface area contributed by atoms with Crippen LogP contribution in [0, 0.1) is 0 Å². The molecule has 1 fully saturated rings. The normalized spacial score (nSPS) is 15.7. The van der Waals surface area contributed by atoms with Gasteiger partial charge in [0.25, 0.3) is 0 Å². The Bertz CT molecular complexity index is 680. The lowest BCUT2D eigenvalue weighted by Crippen LogP contribution is -2.48. The summed E-state index contributed by atoms with van der Waals surface area (Å²) in [6.07, 6.45) is 0.352. The average molecular weight is 353 g/mol. The standard InChI is InChI=1S/C21H27N3O2/c25-20-8-6-18(7-9-20)16-21(26)22-10-11-23-12-14-24(15-13-23)17-19-4-2-1-3-5-19/h1-9,25H,10-17H2,(H,22,26). The number of aromatic hydroxyl groups is 1. The van der Waals surface area contributed by atoms with E-state index in [4.69, 9.17) is 0 Å². The van der Waals surface area contributed by atoms with Gasteiger partial charge in [0.05, 0.1) is 6.42 Å². The number of amides is 1. The molecule has 3 rings (SSSR count). The number of hydrogen-bond donors (Lipinski definition) is 2. The van der Waals surface area contributed by atoms with Crippen molar-refractivity contribution in [2.45, 2.75) is 13.0 Å². The quantitative estimate of drug-likeness (QED) is 0.798. The predicted octanol–water partition coefficient (Wildman–Crippen LogP) is 1.87. The van der Waals surface area contributed by atoms with Gasteiger partial charge in [-0.25, -0.2) is 0 Å². The number of piperazine rings is 1. The van der Waals surface area contributed by atoms with E-state index in [-0.39, 0.29) is 11.7 Å². The molecule has 0 aliphatic carbocycles. The highest BCUT2D eigenvalue weighted by Crippen LogP contribution is 2.10. The second-order valence-electron chi connectivity index (χ2n) is 6.80. The Kier molecular flexibility index (Phi) is 6.63. The Morgan fingerprint density at radius 3 is 2.23 bits per heavy atom. The topological polar surface area (TPSA) is 55.8 Å². The largest absolute Gasteiger partial charge is 0.508 e. The van der Waals surface area contributed by atoms with Crippen molar-refractivity contribution in [3.8, 4) is 5.75 Å². The molecule has 138 valence electrons. The van der Waals surface area contributed by atoms with E-state index in [0.717, 1.165) is 44.8 Å². The van der Waals surface area contributed by atoms with E-state index in [1.54, 1.807) is 24.3 Å². The summed E-state index contributed by atoms with van der Waals surface area (Å²) in [5.74, 6) is 0.249. The predicted molar refractivity (Wildman–Crippen MR) is 103 cm³/mol. The van der Waals surface area contributed by atoms with Gasteiger partial charge in [0.15, 0.2) is 0 Å². The van der Waals surface area contributed by atoms with E-state index in [1.165, 1.54) is 5.56 Å². The van der Waals surface area contributed by atoms with Gasteiger partial charge in [-0.2, -0.15) is 0 Å². The molecule has 0 aromatic heterocycles. The first kappa shape index (κ1) is 18.4. The fraction of sp³-hybridized carbons (Fsp3) is 0.381. The number of phenolic OH excluding ortho intramolecular Hbond substituents is 1. The summed E-state index contributed by atoms with van der Waals surface area (Å²) < 4.78 is 0. The lowest BCUT2D eigenvalue weighted by molar-refractivity contribution is -0.120. The third kappa shape index (κ3) is 5.86. The number of hydrogen-bond acceptors (Lipinski definition) is 4. The molecule has 0 saturated carbocycles. The zero-order valence-electron chi connectivity index (χ0n) is 15.1. The van der Waals surface area contributed by atoms with Crippen LogP contribution in [0.25, 0.3) is 0 Å². The molecule has 1 aliphatic heterocycles. The van der Waals surface area contributed by atoms with Crippen LogP contribution in [-0.2, 0) is 17.8 Å². The molecule has 0 bridgehead atoms. The second-order valence-corrected chi connectivity index (χ2v) is 6.80. The molecule has 0 radical (unpaired) electrons. The summed E-state index contributed by atoms with van der Waals surface area (Å²) in [6, 6.07) is 17.4. The van der Waals surface area contributed by atoms with Crippen LogP contribution in [-0.4, -0.2) is 60.1 Å². The number of carbonyl (C=O) groups excluding carboxylic acids is 1. The van der Waals surface area contributed by atoms with Gasteiger partial charge >= 0.3 is 0 Å². The summed E-state index contributed by atoms with van der Waals surface area (Å²) >= 11 is 0. The van der Waals surface area contributed by atoms with Gasteiger partial charge in [-0.1, -0.05) is 42.5 Å². The first-order chi connectivity index (χ1) is 12.7. The molecule has 26 heavy (non-hydrogen) atoms. The van der Waals surface area contributed by atoms with E-state index in [9.17, 15) is 9.90 Å². The molecule has 1 amide bonds. The zero-order valence-corrected chi connectivity index (χ0v) is 15.1. The number of phenols is 1. The highest BCUT2D eigenvalue weighted by molar-refractivity contribution is 5.78. The number of carbonyl (C=O) groups is 1. The summed E-state index contributed by atoms with van der Waals surface area (Å²) in [5, 5.41) is 12.3. The Balaban J connectivity index is 1.31. The molecule has 1 heterocycles. The van der Waals surface area contributed by atoms with Crippen LogP contribution < -0.4 is 5.32 Å². The summed E-state index contributed by atoms with van der Waals surface area (Å²) in [5.41, 5.74) is 2.28. The second kappa shape index (κ2) is 9.36. The lowest BCUT2D eigenvalue weighted by atomic mass is 10.1. The van der Waals surface area contributed by atoms with Crippen molar-refractivity contribution in [1.29, 1.82) is 0 Å². The first-order valence-corrected chi connectivity index (χ1v) is 9.22. The fourth-order valence-corrected chi connectivity index (χ4v) is 3.23. The maximum absolute atomic E-state index is 12.0. The zero-order chi connectivity index (χ0) is 18.2. The summed E-state index contributed by atoms with van der Waals surface area (Å²) in [6.45, 7) is 6.79. The summed E-state index contributed by atoms with van der Waals surface area (Å²) in [7, 11) is 0. The minimum atomic E-state index is 0.0263. The van der Waals surface area contributed by atoms with Crippen LogP contribution >= 0.6 is 0 Å². The molecular weight excluding hydrogens is 326 g/mol. The molecule has 0 spiro atoms. The first-order valence-electron chi connectivity index (χ1n) is 9.22. The van der Waals surface area contributed by atoms with Gasteiger partial charge in [0, 0.05) is 45.8 Å². The third-order valence-corrected chi connectivity index (χ3v) is 4.77. The molecule has 2 aromatic carbocycles. The minimum absolute atomic E-state index is 0.0263. The van der Waals surface area contributed by atoms with E-state index < -0.39 is 0 Å². The minimum Gasteiger partial charge on any atom is -0.508 e. The smallest absolute Gasteiger partial charge is 0.224 e. The van der Waals surface area contributed by atoms with Crippen molar-refractivity contribution in [2.24, 2.45) is 0 Å². The van der Waals surface area contributed by atoms with Gasteiger partial charge < -0.3 is 10.4 Å². The maximum Gasteiger partial charge on any atom is 0.224 e. The molecule has 5 heteroatoms. The number of nitrogens with zero attached hydrogens (tertiary/aromatic N) is 2. The number of nitrogens with one attached hydrogen (secondary N) is 1. The maximum atomic E-state index is 12.0. The van der Waals surface area contributed by atoms with Crippen molar-refractivity contribution in [2.75, 3.05) is 39.3 Å². The van der Waals surface area contributed by atoms with Crippen molar-refractivity contribution >= 4 is 5.91 Å². The third-order valence-electron chi connectivity index (χ3n) is 4.77. The van der Waals surface area contributed by atoms with E-state index in [1.807, 2.05) is 0 Å². The van der Waals surface area contributed by atoms with Crippen LogP contribution in [0.3, 0.4) is 0 Å². The molecular formula is C21H27N3O2. The Hall–Kier alpha value is -2.37. The molecule has 2 N–H and O–H groups in total. The van der Waals surface area contributed by atoms with Crippen LogP contribution in [0.1, 0.15) is 11.1 Å².